The van der Waals surface area contributed by atoms with Crippen LogP contribution in [0.1, 0.15) is 26.7 Å². The predicted molar refractivity (Wildman–Crippen MR) is 63.8 cm³/mol. The highest BCUT2D eigenvalue weighted by molar-refractivity contribution is 7.98. The standard InChI is InChI=1S/C10H22N2OS/c1-4-9(5-2)12-10(13)8-11-6-7-14-3/h9,11H,4-8H2,1-3H3,(H,12,13). The lowest BCUT2D eigenvalue weighted by atomic mass is 10.2. The van der Waals surface area contributed by atoms with E-state index < -0.39 is 0 Å². The molecular formula is C10H22N2OS. The van der Waals surface area contributed by atoms with Crippen LogP contribution in [0.25, 0.3) is 0 Å². The van der Waals surface area contributed by atoms with Crippen LogP contribution >= 0.6 is 11.8 Å². The van der Waals surface area contributed by atoms with Gasteiger partial charge in [-0.15, -0.1) is 0 Å². The Morgan fingerprint density at radius 2 is 2.00 bits per heavy atom. The first kappa shape index (κ1) is 13.8. The summed E-state index contributed by atoms with van der Waals surface area (Å²) in [4.78, 5) is 11.4. The smallest absolute Gasteiger partial charge is 0.234 e. The van der Waals surface area contributed by atoms with Crippen molar-refractivity contribution in [3.8, 4) is 0 Å². The van der Waals surface area contributed by atoms with Crippen LogP contribution in [-0.4, -0.2) is 37.0 Å². The fourth-order valence-corrected chi connectivity index (χ4v) is 1.50. The molecule has 3 nitrogen and oxygen atoms in total. The average molecular weight is 218 g/mol. The van der Waals surface area contributed by atoms with Gasteiger partial charge in [0.1, 0.15) is 0 Å². The summed E-state index contributed by atoms with van der Waals surface area (Å²) in [6.07, 6.45) is 4.08. The fourth-order valence-electron chi connectivity index (χ4n) is 1.15. The summed E-state index contributed by atoms with van der Waals surface area (Å²) < 4.78 is 0. The summed E-state index contributed by atoms with van der Waals surface area (Å²) in [5.41, 5.74) is 0. The molecule has 0 aromatic rings. The van der Waals surface area contributed by atoms with Gasteiger partial charge in [0.25, 0.3) is 0 Å². The van der Waals surface area contributed by atoms with Gasteiger partial charge in [0.2, 0.25) is 5.91 Å². The third-order valence-electron chi connectivity index (χ3n) is 2.12. The highest BCUT2D eigenvalue weighted by atomic mass is 32.2. The first-order chi connectivity index (χ1) is 6.74. The number of hydrogen-bond donors (Lipinski definition) is 2. The maximum atomic E-state index is 11.4. The van der Waals surface area contributed by atoms with Crippen LogP contribution in [0.3, 0.4) is 0 Å². The number of hydrogen-bond acceptors (Lipinski definition) is 3. The molecular weight excluding hydrogens is 196 g/mol. The maximum Gasteiger partial charge on any atom is 0.234 e. The van der Waals surface area contributed by atoms with Crippen molar-refractivity contribution in [2.45, 2.75) is 32.7 Å². The maximum absolute atomic E-state index is 11.4. The Morgan fingerprint density at radius 1 is 1.36 bits per heavy atom. The lowest BCUT2D eigenvalue weighted by Gasteiger charge is -2.14. The van der Waals surface area contributed by atoms with Crippen molar-refractivity contribution in [2.24, 2.45) is 0 Å². The van der Waals surface area contributed by atoms with Crippen LogP contribution in [0.2, 0.25) is 0 Å². The second kappa shape index (κ2) is 9.34. The number of carbonyl (C=O) groups excluding carboxylic acids is 1. The number of thioether (sulfide) groups is 1. The number of carbonyl (C=O) groups is 1. The zero-order chi connectivity index (χ0) is 10.8. The number of amides is 1. The highest BCUT2D eigenvalue weighted by Gasteiger charge is 2.06. The van der Waals surface area contributed by atoms with Gasteiger partial charge >= 0.3 is 0 Å². The van der Waals surface area contributed by atoms with E-state index in [9.17, 15) is 4.79 Å². The molecule has 0 aliphatic heterocycles. The van der Waals surface area contributed by atoms with Gasteiger partial charge in [-0.2, -0.15) is 11.8 Å². The van der Waals surface area contributed by atoms with E-state index in [0.29, 0.717) is 12.6 Å². The second-order valence-corrected chi connectivity index (χ2v) is 4.24. The molecule has 0 bridgehead atoms. The Balaban J connectivity index is 3.44. The first-order valence-corrected chi connectivity index (χ1v) is 6.62. The van der Waals surface area contributed by atoms with Crippen LogP contribution in [0, 0.1) is 0 Å². The summed E-state index contributed by atoms with van der Waals surface area (Å²) in [6.45, 7) is 5.53. The summed E-state index contributed by atoms with van der Waals surface area (Å²) >= 11 is 1.78. The Labute approximate surface area is 91.4 Å². The molecule has 0 unspecified atom stereocenters. The minimum atomic E-state index is 0.111. The molecule has 0 rings (SSSR count). The van der Waals surface area contributed by atoms with E-state index in [1.54, 1.807) is 11.8 Å². The minimum Gasteiger partial charge on any atom is -0.352 e. The van der Waals surface area contributed by atoms with E-state index >= 15 is 0 Å². The summed E-state index contributed by atoms with van der Waals surface area (Å²) in [5, 5.41) is 6.09. The normalized spacial score (nSPS) is 10.6. The van der Waals surface area contributed by atoms with Crippen LogP contribution in [0.5, 0.6) is 0 Å². The van der Waals surface area contributed by atoms with Gasteiger partial charge in [-0.1, -0.05) is 13.8 Å². The summed E-state index contributed by atoms with van der Waals surface area (Å²) in [6, 6.07) is 0.338. The van der Waals surface area contributed by atoms with Crippen molar-refractivity contribution >= 4 is 17.7 Å². The van der Waals surface area contributed by atoms with Crippen LogP contribution in [0.4, 0.5) is 0 Å². The quantitative estimate of drug-likeness (QED) is 0.602. The van der Waals surface area contributed by atoms with Crippen LogP contribution in [0.15, 0.2) is 0 Å². The van der Waals surface area contributed by atoms with E-state index in [1.165, 1.54) is 0 Å². The molecule has 0 atom stereocenters. The molecule has 4 heteroatoms. The van der Waals surface area contributed by atoms with Crippen molar-refractivity contribution < 1.29 is 4.79 Å². The first-order valence-electron chi connectivity index (χ1n) is 5.23. The molecule has 0 spiro atoms. The van der Waals surface area contributed by atoms with E-state index in [0.717, 1.165) is 25.1 Å². The molecule has 0 aromatic heterocycles. The monoisotopic (exact) mass is 218 g/mol. The minimum absolute atomic E-state index is 0.111. The van der Waals surface area contributed by atoms with Gasteiger partial charge < -0.3 is 10.6 Å². The van der Waals surface area contributed by atoms with Gasteiger partial charge in [0.05, 0.1) is 6.54 Å². The van der Waals surface area contributed by atoms with E-state index in [1.807, 2.05) is 0 Å². The number of rotatable bonds is 8. The van der Waals surface area contributed by atoms with Crippen LogP contribution < -0.4 is 10.6 Å². The predicted octanol–water partition coefficient (Wildman–Crippen LogP) is 1.24. The van der Waals surface area contributed by atoms with Crippen molar-refractivity contribution in [3.63, 3.8) is 0 Å². The molecule has 0 fully saturated rings. The molecule has 0 saturated carbocycles. The molecule has 0 aromatic carbocycles. The Hall–Kier alpha value is -0.220. The molecule has 0 radical (unpaired) electrons. The Morgan fingerprint density at radius 3 is 2.50 bits per heavy atom. The lowest BCUT2D eigenvalue weighted by molar-refractivity contribution is -0.120. The van der Waals surface area contributed by atoms with Gasteiger partial charge in [-0.25, -0.2) is 0 Å². The largest absolute Gasteiger partial charge is 0.352 e. The summed E-state index contributed by atoms with van der Waals surface area (Å²) in [7, 11) is 0. The van der Waals surface area contributed by atoms with Crippen molar-refractivity contribution in [1.82, 2.24) is 10.6 Å². The number of nitrogens with one attached hydrogen (secondary N) is 2. The van der Waals surface area contributed by atoms with Crippen LogP contribution in [-0.2, 0) is 4.79 Å². The lowest BCUT2D eigenvalue weighted by Crippen LogP contribution is -2.40. The third kappa shape index (κ3) is 7.21. The second-order valence-electron chi connectivity index (χ2n) is 3.25. The van der Waals surface area contributed by atoms with Crippen molar-refractivity contribution in [2.75, 3.05) is 25.1 Å². The summed E-state index contributed by atoms with van der Waals surface area (Å²) in [5.74, 6) is 1.16. The average Bonchev–Trinajstić information content (AvgIpc) is 2.21. The molecule has 0 aliphatic carbocycles. The third-order valence-corrected chi connectivity index (χ3v) is 2.73. The molecule has 0 saturated heterocycles. The van der Waals surface area contributed by atoms with Crippen molar-refractivity contribution in [1.29, 1.82) is 0 Å². The van der Waals surface area contributed by atoms with E-state index in [4.69, 9.17) is 0 Å². The fraction of sp³-hybridized carbons (Fsp3) is 0.900. The molecule has 14 heavy (non-hydrogen) atoms. The van der Waals surface area contributed by atoms with Gasteiger partial charge in [0.15, 0.2) is 0 Å². The van der Waals surface area contributed by atoms with Crippen molar-refractivity contribution in [3.05, 3.63) is 0 Å². The van der Waals surface area contributed by atoms with Gasteiger partial charge in [0, 0.05) is 18.3 Å². The molecule has 0 aliphatic rings. The molecule has 1 amide bonds. The molecule has 84 valence electrons. The topological polar surface area (TPSA) is 41.1 Å². The SMILES string of the molecule is CCC(CC)NC(=O)CNCCSC. The Bertz CT molecular complexity index is 149. The van der Waals surface area contributed by atoms with Gasteiger partial charge in [-0.3, -0.25) is 4.79 Å². The molecule has 0 heterocycles. The zero-order valence-electron chi connectivity index (χ0n) is 9.43. The van der Waals surface area contributed by atoms with E-state index in [-0.39, 0.29) is 5.91 Å². The Kier molecular flexibility index (Phi) is 9.19. The zero-order valence-corrected chi connectivity index (χ0v) is 10.2. The van der Waals surface area contributed by atoms with Gasteiger partial charge in [-0.05, 0) is 19.1 Å². The molecule has 2 N–H and O–H groups in total. The highest BCUT2D eigenvalue weighted by Crippen LogP contribution is 1.94. The van der Waals surface area contributed by atoms with E-state index in [2.05, 4.69) is 30.7 Å².